The molecule has 0 spiro atoms. The van der Waals surface area contributed by atoms with Gasteiger partial charge in [-0.3, -0.25) is 0 Å². The maximum absolute atomic E-state index is 5.50. The average molecular weight is 276 g/mol. The van der Waals surface area contributed by atoms with Gasteiger partial charge in [0.25, 0.3) is 0 Å². The lowest BCUT2D eigenvalue weighted by atomic mass is 10.1. The van der Waals surface area contributed by atoms with Crippen molar-refractivity contribution >= 4 is 0 Å². The van der Waals surface area contributed by atoms with E-state index in [9.17, 15) is 0 Å². The van der Waals surface area contributed by atoms with Gasteiger partial charge in [0.2, 0.25) is 0 Å². The average Bonchev–Trinajstić information content (AvgIpc) is 3.19. The van der Waals surface area contributed by atoms with E-state index in [2.05, 4.69) is 49.3 Å². The quantitative estimate of drug-likeness (QED) is 0.790. The predicted molar refractivity (Wildman–Crippen MR) is 84.0 cm³/mol. The molecule has 112 valence electrons. The van der Waals surface area contributed by atoms with Gasteiger partial charge in [-0.2, -0.15) is 0 Å². The van der Waals surface area contributed by atoms with E-state index in [0.29, 0.717) is 5.92 Å². The van der Waals surface area contributed by atoms with Crippen LogP contribution >= 0.6 is 0 Å². The zero-order valence-corrected chi connectivity index (χ0v) is 13.3. The van der Waals surface area contributed by atoms with E-state index < -0.39 is 0 Å². The van der Waals surface area contributed by atoms with Crippen LogP contribution in [0.4, 0.5) is 0 Å². The molecule has 2 rings (SSSR count). The molecule has 1 aliphatic carbocycles. The Morgan fingerprint density at radius 2 is 2.10 bits per heavy atom. The summed E-state index contributed by atoms with van der Waals surface area (Å²) in [5, 5.41) is 3.57. The van der Waals surface area contributed by atoms with E-state index in [-0.39, 0.29) is 0 Å². The lowest BCUT2D eigenvalue weighted by molar-refractivity contribution is 0.283. The van der Waals surface area contributed by atoms with E-state index in [1.165, 1.54) is 24.0 Å². The number of benzene rings is 1. The van der Waals surface area contributed by atoms with E-state index in [1.807, 2.05) is 0 Å². The van der Waals surface area contributed by atoms with Crippen molar-refractivity contribution in [3.8, 4) is 5.75 Å². The van der Waals surface area contributed by atoms with Crippen molar-refractivity contribution in [2.75, 3.05) is 20.7 Å². The first-order valence-corrected chi connectivity index (χ1v) is 7.66. The molecule has 0 aromatic heterocycles. The van der Waals surface area contributed by atoms with Crippen LogP contribution in [0.2, 0.25) is 0 Å². The molecule has 1 aliphatic rings. The Hall–Kier alpha value is -1.06. The number of nitrogens with zero attached hydrogens (tertiary/aromatic N) is 1. The first kappa shape index (κ1) is 15.3. The molecule has 0 unspecified atom stereocenters. The molecule has 0 amide bonds. The molecule has 3 nitrogen and oxygen atoms in total. The van der Waals surface area contributed by atoms with Crippen molar-refractivity contribution in [3.05, 3.63) is 29.3 Å². The minimum atomic E-state index is 0.686. The largest absolute Gasteiger partial charge is 0.496 e. The highest BCUT2D eigenvalue weighted by Gasteiger charge is 2.20. The molecule has 1 saturated carbocycles. The van der Waals surface area contributed by atoms with Gasteiger partial charge in [-0.25, -0.2) is 0 Å². The van der Waals surface area contributed by atoms with Crippen LogP contribution in [0.5, 0.6) is 5.75 Å². The van der Waals surface area contributed by atoms with Crippen LogP contribution in [-0.4, -0.2) is 31.6 Å². The molecule has 1 fully saturated rings. The van der Waals surface area contributed by atoms with E-state index in [4.69, 9.17) is 4.74 Å². The number of hydrogen-bond acceptors (Lipinski definition) is 3. The van der Waals surface area contributed by atoms with Gasteiger partial charge in [-0.1, -0.05) is 19.9 Å². The molecular formula is C17H28N2O. The normalized spacial score (nSPS) is 15.1. The molecule has 0 bridgehead atoms. The summed E-state index contributed by atoms with van der Waals surface area (Å²) in [6, 6.07) is 7.30. The lowest BCUT2D eigenvalue weighted by Crippen LogP contribution is -2.23. The summed E-state index contributed by atoms with van der Waals surface area (Å²) in [6.45, 7) is 7.52. The Kier molecular flexibility index (Phi) is 5.44. The molecule has 0 aliphatic heterocycles. The number of nitrogens with one attached hydrogen (secondary N) is 1. The second-order valence-electron chi connectivity index (χ2n) is 6.39. The maximum atomic E-state index is 5.50. The molecule has 1 aromatic rings. The van der Waals surface area contributed by atoms with Crippen molar-refractivity contribution in [3.63, 3.8) is 0 Å². The van der Waals surface area contributed by atoms with Gasteiger partial charge in [0.15, 0.2) is 0 Å². The monoisotopic (exact) mass is 276 g/mol. The molecule has 1 N–H and O–H groups in total. The molecule has 20 heavy (non-hydrogen) atoms. The van der Waals surface area contributed by atoms with Crippen LogP contribution in [0.1, 0.15) is 37.8 Å². The fourth-order valence-corrected chi connectivity index (χ4v) is 2.59. The summed E-state index contributed by atoms with van der Waals surface area (Å²) in [5.74, 6) is 1.68. The minimum absolute atomic E-state index is 0.686. The Balaban J connectivity index is 2.00. The molecule has 0 radical (unpaired) electrons. The minimum Gasteiger partial charge on any atom is -0.496 e. The van der Waals surface area contributed by atoms with Gasteiger partial charge in [0.1, 0.15) is 5.75 Å². The number of ether oxygens (including phenoxy) is 1. The second-order valence-corrected chi connectivity index (χ2v) is 6.39. The van der Waals surface area contributed by atoms with E-state index in [0.717, 1.165) is 31.4 Å². The molecular weight excluding hydrogens is 248 g/mol. The summed E-state index contributed by atoms with van der Waals surface area (Å²) >= 11 is 0. The van der Waals surface area contributed by atoms with Crippen LogP contribution in [0.25, 0.3) is 0 Å². The highest BCUT2D eigenvalue weighted by atomic mass is 16.5. The van der Waals surface area contributed by atoms with E-state index in [1.54, 1.807) is 7.11 Å². The molecule has 1 aromatic carbocycles. The van der Waals surface area contributed by atoms with Crippen LogP contribution in [0.15, 0.2) is 18.2 Å². The van der Waals surface area contributed by atoms with Crippen LogP contribution in [-0.2, 0) is 13.1 Å². The van der Waals surface area contributed by atoms with Gasteiger partial charge in [-0.05, 0) is 43.5 Å². The Morgan fingerprint density at radius 3 is 2.70 bits per heavy atom. The highest BCUT2D eigenvalue weighted by Crippen LogP contribution is 2.23. The van der Waals surface area contributed by atoms with Gasteiger partial charge in [-0.15, -0.1) is 0 Å². The molecule has 0 saturated heterocycles. The Morgan fingerprint density at radius 1 is 1.35 bits per heavy atom. The Labute approximate surface area is 123 Å². The summed E-state index contributed by atoms with van der Waals surface area (Å²) in [7, 11) is 3.93. The third kappa shape index (κ3) is 4.80. The summed E-state index contributed by atoms with van der Waals surface area (Å²) < 4.78 is 5.50. The number of methoxy groups -OCH3 is 1. The van der Waals surface area contributed by atoms with Crippen molar-refractivity contribution in [2.45, 2.75) is 45.8 Å². The fraction of sp³-hybridized carbons (Fsp3) is 0.647. The molecule has 3 heteroatoms. The zero-order chi connectivity index (χ0) is 14.5. The zero-order valence-electron chi connectivity index (χ0n) is 13.3. The molecule has 0 heterocycles. The van der Waals surface area contributed by atoms with Gasteiger partial charge < -0.3 is 15.0 Å². The van der Waals surface area contributed by atoms with Crippen LogP contribution < -0.4 is 10.1 Å². The molecule has 0 atom stereocenters. The fourth-order valence-electron chi connectivity index (χ4n) is 2.59. The standard InChI is InChI=1S/C17H28N2O/c1-13(2)11-19(3)12-15-9-14(5-8-17(15)20-4)10-18-16-6-7-16/h5,8-9,13,16,18H,6-7,10-12H2,1-4H3. The topological polar surface area (TPSA) is 24.5 Å². The van der Waals surface area contributed by atoms with Crippen LogP contribution in [0.3, 0.4) is 0 Å². The smallest absolute Gasteiger partial charge is 0.123 e. The van der Waals surface area contributed by atoms with Crippen molar-refractivity contribution < 1.29 is 4.74 Å². The number of hydrogen-bond donors (Lipinski definition) is 1. The first-order chi connectivity index (χ1) is 9.58. The first-order valence-electron chi connectivity index (χ1n) is 7.66. The van der Waals surface area contributed by atoms with Crippen molar-refractivity contribution in [1.82, 2.24) is 10.2 Å². The van der Waals surface area contributed by atoms with Crippen LogP contribution in [0, 0.1) is 5.92 Å². The predicted octanol–water partition coefficient (Wildman–Crippen LogP) is 3.04. The summed E-state index contributed by atoms with van der Waals surface area (Å²) in [6.07, 6.45) is 2.67. The summed E-state index contributed by atoms with van der Waals surface area (Å²) in [5.41, 5.74) is 2.64. The second kappa shape index (κ2) is 7.09. The summed E-state index contributed by atoms with van der Waals surface area (Å²) in [4.78, 5) is 2.36. The van der Waals surface area contributed by atoms with Gasteiger partial charge in [0, 0.05) is 31.2 Å². The SMILES string of the molecule is COc1ccc(CNC2CC2)cc1CN(C)CC(C)C. The van der Waals surface area contributed by atoms with Gasteiger partial charge >= 0.3 is 0 Å². The van der Waals surface area contributed by atoms with Gasteiger partial charge in [0.05, 0.1) is 7.11 Å². The third-order valence-electron chi connectivity index (χ3n) is 3.63. The van der Waals surface area contributed by atoms with Crippen molar-refractivity contribution in [1.29, 1.82) is 0 Å². The van der Waals surface area contributed by atoms with Crippen molar-refractivity contribution in [2.24, 2.45) is 5.92 Å². The lowest BCUT2D eigenvalue weighted by Gasteiger charge is -2.21. The third-order valence-corrected chi connectivity index (χ3v) is 3.63. The maximum Gasteiger partial charge on any atom is 0.123 e. The highest BCUT2D eigenvalue weighted by molar-refractivity contribution is 5.37. The number of rotatable bonds is 8. The Bertz CT molecular complexity index is 427. The van der Waals surface area contributed by atoms with E-state index >= 15 is 0 Å².